The van der Waals surface area contributed by atoms with Gasteiger partial charge in [0.25, 0.3) is 5.91 Å². The Morgan fingerprint density at radius 2 is 1.85 bits per heavy atom. The van der Waals surface area contributed by atoms with Crippen LogP contribution >= 0.6 is 11.3 Å². The van der Waals surface area contributed by atoms with Crippen LogP contribution in [-0.4, -0.2) is 36.2 Å². The second-order valence-electron chi connectivity index (χ2n) is 7.89. The third-order valence-electron chi connectivity index (χ3n) is 5.55. The molecule has 2 N–H and O–H groups in total. The number of nitrogens with zero attached hydrogens (tertiary/aromatic N) is 1. The van der Waals surface area contributed by atoms with Gasteiger partial charge >= 0.3 is 0 Å². The van der Waals surface area contributed by atoms with Gasteiger partial charge in [0, 0.05) is 24.9 Å². The Bertz CT molecular complexity index is 1140. The lowest BCUT2D eigenvalue weighted by molar-refractivity contribution is -0.125. The number of hydrogen-bond donors (Lipinski definition) is 2. The number of nitrogens with one attached hydrogen (secondary N) is 2. The first kappa shape index (κ1) is 22.7. The zero-order chi connectivity index (χ0) is 23.2. The Morgan fingerprint density at radius 1 is 1.09 bits per heavy atom. The molecule has 33 heavy (non-hydrogen) atoms. The van der Waals surface area contributed by atoms with Crippen LogP contribution in [0.3, 0.4) is 0 Å². The summed E-state index contributed by atoms with van der Waals surface area (Å²) in [6, 6.07) is 16.8. The molecule has 1 heterocycles. The minimum Gasteiger partial charge on any atom is -0.497 e. The number of benzene rings is 2. The molecule has 2 amide bonds. The van der Waals surface area contributed by atoms with Crippen LogP contribution in [0.2, 0.25) is 0 Å². The van der Waals surface area contributed by atoms with Crippen molar-refractivity contribution in [2.75, 3.05) is 19.0 Å². The van der Waals surface area contributed by atoms with Gasteiger partial charge in [0.15, 0.2) is 10.9 Å². The summed E-state index contributed by atoms with van der Waals surface area (Å²) in [6.45, 7) is 0.561. The van der Waals surface area contributed by atoms with Crippen molar-refractivity contribution in [3.63, 3.8) is 0 Å². The first-order chi connectivity index (χ1) is 16.0. The van der Waals surface area contributed by atoms with E-state index in [2.05, 4.69) is 27.8 Å². The van der Waals surface area contributed by atoms with E-state index in [1.807, 2.05) is 18.2 Å². The van der Waals surface area contributed by atoms with Gasteiger partial charge in [0.05, 0.1) is 23.6 Å². The highest BCUT2D eigenvalue weighted by Gasteiger charge is 2.33. The molecule has 4 rings (SSSR count). The zero-order valence-electron chi connectivity index (χ0n) is 18.3. The number of ether oxygens (including phenoxy) is 1. The summed E-state index contributed by atoms with van der Waals surface area (Å²) in [5, 5.41) is 6.06. The number of aromatic nitrogens is 1. The van der Waals surface area contributed by atoms with Gasteiger partial charge in [-0.15, -0.1) is 0 Å². The normalized spacial score (nSPS) is 14.9. The molecule has 7 nitrogen and oxygen atoms in total. The lowest BCUT2D eigenvalue weighted by Gasteiger charge is -2.19. The molecule has 0 spiro atoms. The minimum absolute atomic E-state index is 0.108. The summed E-state index contributed by atoms with van der Waals surface area (Å²) < 4.78 is 5.10. The molecular formula is C25H25N3O4S. The van der Waals surface area contributed by atoms with Crippen molar-refractivity contribution >= 4 is 34.1 Å². The molecule has 0 radical (unpaired) electrons. The smallest absolute Gasteiger partial charge is 0.257 e. The van der Waals surface area contributed by atoms with E-state index in [0.29, 0.717) is 40.0 Å². The average Bonchev–Trinajstić information content (AvgIpc) is 3.25. The first-order valence-corrected chi connectivity index (χ1v) is 11.6. The van der Waals surface area contributed by atoms with E-state index < -0.39 is 5.92 Å². The lowest BCUT2D eigenvalue weighted by Crippen LogP contribution is -2.36. The van der Waals surface area contributed by atoms with E-state index >= 15 is 0 Å². The molecule has 0 fully saturated rings. The van der Waals surface area contributed by atoms with Crippen LogP contribution in [0.15, 0.2) is 54.6 Å². The molecule has 0 aliphatic heterocycles. The van der Waals surface area contributed by atoms with E-state index in [9.17, 15) is 14.4 Å². The molecule has 0 bridgehead atoms. The first-order valence-electron chi connectivity index (χ1n) is 10.8. The summed E-state index contributed by atoms with van der Waals surface area (Å²) in [6.07, 6.45) is 2.27. The second kappa shape index (κ2) is 10.4. The minimum atomic E-state index is -0.436. The van der Waals surface area contributed by atoms with Crippen molar-refractivity contribution in [2.45, 2.75) is 25.7 Å². The van der Waals surface area contributed by atoms with E-state index in [0.717, 1.165) is 24.2 Å². The lowest BCUT2D eigenvalue weighted by atomic mass is 9.89. The van der Waals surface area contributed by atoms with Gasteiger partial charge in [-0.2, -0.15) is 0 Å². The van der Waals surface area contributed by atoms with Crippen molar-refractivity contribution in [3.8, 4) is 5.75 Å². The number of aryl methyl sites for hydroxylation is 1. The van der Waals surface area contributed by atoms with Crippen LogP contribution in [0.5, 0.6) is 5.75 Å². The van der Waals surface area contributed by atoms with Gasteiger partial charge < -0.3 is 10.1 Å². The predicted octanol–water partition coefficient (Wildman–Crippen LogP) is 3.90. The van der Waals surface area contributed by atoms with Crippen LogP contribution in [-0.2, 0) is 17.6 Å². The maximum atomic E-state index is 12.6. The summed E-state index contributed by atoms with van der Waals surface area (Å²) in [4.78, 5) is 42.7. The standard InChI is InChI=1S/C25H25N3O4S/c1-32-19-11-9-17(10-12-19)24(31)28-25-27-20-14-18(15-21(29)22(20)33-25)23(30)26-13-5-8-16-6-3-2-4-7-16/h2-4,6-7,9-12,18H,5,8,13-15H2,1H3,(H,26,30)(H,27,28,31)/t18-/m1/s1. The molecule has 170 valence electrons. The Balaban J connectivity index is 1.32. The van der Waals surface area contributed by atoms with Crippen molar-refractivity contribution < 1.29 is 19.1 Å². The van der Waals surface area contributed by atoms with Crippen molar-refractivity contribution in [2.24, 2.45) is 5.92 Å². The molecule has 0 unspecified atom stereocenters. The maximum absolute atomic E-state index is 12.6. The number of Topliss-reactive ketones (excluding diaryl/α,β-unsaturated/α-hetero) is 1. The molecule has 1 aliphatic rings. The maximum Gasteiger partial charge on any atom is 0.257 e. The molecule has 2 aromatic carbocycles. The largest absolute Gasteiger partial charge is 0.497 e. The fraction of sp³-hybridized carbons (Fsp3) is 0.280. The van der Waals surface area contributed by atoms with Gasteiger partial charge in [-0.3, -0.25) is 19.7 Å². The van der Waals surface area contributed by atoms with Crippen molar-refractivity contribution in [1.29, 1.82) is 0 Å². The van der Waals surface area contributed by atoms with Gasteiger partial charge in [-0.25, -0.2) is 4.98 Å². The number of rotatable bonds is 8. The van der Waals surface area contributed by atoms with Gasteiger partial charge in [-0.1, -0.05) is 41.7 Å². The number of fused-ring (bicyclic) bond motifs is 1. The molecule has 3 aromatic rings. The molecular weight excluding hydrogens is 438 g/mol. The average molecular weight is 464 g/mol. The van der Waals surface area contributed by atoms with E-state index in [1.54, 1.807) is 31.4 Å². The number of methoxy groups -OCH3 is 1. The van der Waals surface area contributed by atoms with Crippen molar-refractivity contribution in [1.82, 2.24) is 10.3 Å². The van der Waals surface area contributed by atoms with E-state index in [-0.39, 0.29) is 24.0 Å². The van der Waals surface area contributed by atoms with Crippen LogP contribution in [0.25, 0.3) is 0 Å². The van der Waals surface area contributed by atoms with E-state index in [1.165, 1.54) is 5.56 Å². The van der Waals surface area contributed by atoms with Crippen LogP contribution in [0, 0.1) is 5.92 Å². The quantitative estimate of drug-likeness (QED) is 0.494. The predicted molar refractivity (Wildman–Crippen MR) is 127 cm³/mol. The Labute approximate surface area is 196 Å². The van der Waals surface area contributed by atoms with Gasteiger partial charge in [-0.05, 0) is 42.7 Å². The van der Waals surface area contributed by atoms with Crippen molar-refractivity contribution in [3.05, 3.63) is 76.3 Å². The van der Waals surface area contributed by atoms with Crippen LogP contribution in [0.4, 0.5) is 5.13 Å². The molecule has 0 saturated carbocycles. The van der Waals surface area contributed by atoms with E-state index in [4.69, 9.17) is 4.74 Å². The molecule has 1 aliphatic carbocycles. The monoisotopic (exact) mass is 463 g/mol. The number of ketones is 1. The Morgan fingerprint density at radius 3 is 2.58 bits per heavy atom. The summed E-state index contributed by atoms with van der Waals surface area (Å²) >= 11 is 1.16. The number of carbonyl (C=O) groups is 3. The highest BCUT2D eigenvalue weighted by Crippen LogP contribution is 2.32. The summed E-state index contributed by atoms with van der Waals surface area (Å²) in [5.74, 6) is -0.328. The number of anilines is 1. The third-order valence-corrected chi connectivity index (χ3v) is 6.60. The zero-order valence-corrected chi connectivity index (χ0v) is 19.1. The number of amides is 2. The number of carbonyl (C=O) groups excluding carboxylic acids is 3. The second-order valence-corrected chi connectivity index (χ2v) is 8.89. The highest BCUT2D eigenvalue weighted by molar-refractivity contribution is 7.17. The van der Waals surface area contributed by atoms with Crippen LogP contribution < -0.4 is 15.4 Å². The molecule has 8 heteroatoms. The molecule has 0 saturated heterocycles. The summed E-state index contributed by atoms with van der Waals surface area (Å²) in [5.41, 5.74) is 2.27. The summed E-state index contributed by atoms with van der Waals surface area (Å²) in [7, 11) is 1.56. The third kappa shape index (κ3) is 5.64. The Kier molecular flexibility index (Phi) is 7.14. The number of thiazole rings is 1. The topological polar surface area (TPSA) is 97.4 Å². The fourth-order valence-corrected chi connectivity index (χ4v) is 4.71. The Hall–Kier alpha value is -3.52. The van der Waals surface area contributed by atoms with Crippen LogP contribution in [0.1, 0.15) is 44.1 Å². The number of hydrogen-bond acceptors (Lipinski definition) is 6. The molecule has 1 atom stereocenters. The van der Waals surface area contributed by atoms with Gasteiger partial charge in [0.1, 0.15) is 5.75 Å². The highest BCUT2D eigenvalue weighted by atomic mass is 32.1. The SMILES string of the molecule is COc1ccc(C(=O)Nc2nc3c(s2)C(=O)C[C@H](C(=O)NCCCc2ccccc2)C3)cc1. The fourth-order valence-electron chi connectivity index (χ4n) is 3.77. The molecule has 1 aromatic heterocycles. The van der Waals surface area contributed by atoms with Gasteiger partial charge in [0.2, 0.25) is 5.91 Å².